The van der Waals surface area contributed by atoms with Crippen LogP contribution in [0.1, 0.15) is 18.9 Å². The van der Waals surface area contributed by atoms with Gasteiger partial charge in [-0.1, -0.05) is 59.4 Å². The molecule has 2 aromatic rings. The van der Waals surface area contributed by atoms with E-state index in [0.29, 0.717) is 15.6 Å². The second kappa shape index (κ2) is 11.6. The van der Waals surface area contributed by atoms with Gasteiger partial charge in [0.05, 0.1) is 17.0 Å². The lowest BCUT2D eigenvalue weighted by molar-refractivity contribution is -0.140. The number of sulfonamides is 1. The van der Waals surface area contributed by atoms with E-state index < -0.39 is 34.4 Å². The maximum absolute atomic E-state index is 13.5. The Bertz CT molecular complexity index is 1140. The van der Waals surface area contributed by atoms with Crippen LogP contribution in [0.25, 0.3) is 0 Å². The van der Waals surface area contributed by atoms with Crippen molar-refractivity contribution in [2.45, 2.75) is 25.9 Å². The minimum absolute atomic E-state index is 0.0400. The average molecular weight is 555 g/mol. The molecule has 0 saturated carbocycles. The summed E-state index contributed by atoms with van der Waals surface area (Å²) in [6.45, 7) is 1.10. The van der Waals surface area contributed by atoms with Crippen molar-refractivity contribution in [2.24, 2.45) is 0 Å². The summed E-state index contributed by atoms with van der Waals surface area (Å²) < 4.78 is 26.0. The minimum atomic E-state index is -3.93. The van der Waals surface area contributed by atoms with Crippen molar-refractivity contribution in [2.75, 3.05) is 24.2 Å². The molecule has 0 spiro atoms. The predicted octanol–water partition coefficient (Wildman–Crippen LogP) is 4.62. The number of rotatable bonds is 9. The van der Waals surface area contributed by atoms with Gasteiger partial charge in [0.25, 0.3) is 0 Å². The SMILES string of the molecule is CC[C@@H](C(=O)NC)N(Cc1ccc(Cl)cc1Cl)C(=O)CN(c1cc(Cl)ccc1Cl)S(C)(=O)=O. The Balaban J connectivity index is 2.51. The van der Waals surface area contributed by atoms with E-state index in [9.17, 15) is 18.0 Å². The monoisotopic (exact) mass is 553 g/mol. The van der Waals surface area contributed by atoms with Crippen LogP contribution in [0.4, 0.5) is 5.69 Å². The van der Waals surface area contributed by atoms with E-state index in [0.717, 1.165) is 10.6 Å². The van der Waals surface area contributed by atoms with Gasteiger partial charge in [0.15, 0.2) is 0 Å². The van der Waals surface area contributed by atoms with Gasteiger partial charge in [-0.2, -0.15) is 0 Å². The van der Waals surface area contributed by atoms with Gasteiger partial charge in [-0.05, 0) is 42.3 Å². The van der Waals surface area contributed by atoms with Gasteiger partial charge in [-0.15, -0.1) is 0 Å². The zero-order valence-electron chi connectivity index (χ0n) is 18.1. The Morgan fingerprint density at radius 3 is 2.15 bits per heavy atom. The molecule has 0 bridgehead atoms. The molecule has 7 nitrogen and oxygen atoms in total. The number of anilines is 1. The van der Waals surface area contributed by atoms with Crippen LogP contribution in [-0.4, -0.2) is 51.0 Å². The molecule has 0 aliphatic rings. The summed E-state index contributed by atoms with van der Waals surface area (Å²) in [5, 5.41) is 3.61. The van der Waals surface area contributed by atoms with Crippen LogP contribution in [0, 0.1) is 0 Å². The third-order valence-electron chi connectivity index (χ3n) is 4.84. The number of halogens is 4. The average Bonchev–Trinajstić information content (AvgIpc) is 2.74. The standard InChI is InChI=1S/C21H23Cl4N3O4S/c1-4-18(21(30)26-2)27(11-13-5-6-14(22)9-17(13)25)20(29)12-28(33(3,31)32)19-10-15(23)7-8-16(19)24/h5-10,18H,4,11-12H2,1-3H3,(H,26,30)/t18-/m0/s1. The van der Waals surface area contributed by atoms with E-state index in [1.807, 2.05) is 0 Å². The zero-order chi connectivity index (χ0) is 24.9. The number of carbonyl (C=O) groups is 2. The highest BCUT2D eigenvalue weighted by Gasteiger charge is 2.32. The maximum atomic E-state index is 13.5. The van der Waals surface area contributed by atoms with Crippen LogP contribution in [-0.2, 0) is 26.2 Å². The highest BCUT2D eigenvalue weighted by Crippen LogP contribution is 2.31. The zero-order valence-corrected chi connectivity index (χ0v) is 22.0. The van der Waals surface area contributed by atoms with Crippen molar-refractivity contribution in [3.8, 4) is 0 Å². The Morgan fingerprint density at radius 2 is 1.61 bits per heavy atom. The Hall–Kier alpha value is -1.71. The van der Waals surface area contributed by atoms with E-state index in [1.165, 1.54) is 36.2 Å². The third kappa shape index (κ3) is 7.13. The van der Waals surface area contributed by atoms with Crippen molar-refractivity contribution >= 4 is 73.9 Å². The first kappa shape index (κ1) is 27.5. The summed E-state index contributed by atoms with van der Waals surface area (Å²) in [5.41, 5.74) is 0.598. The Labute approximate surface area is 213 Å². The smallest absolute Gasteiger partial charge is 0.244 e. The number of carbonyl (C=O) groups excluding carboxylic acids is 2. The normalized spacial score (nSPS) is 12.2. The van der Waals surface area contributed by atoms with Gasteiger partial charge >= 0.3 is 0 Å². The number of hydrogen-bond acceptors (Lipinski definition) is 4. The van der Waals surface area contributed by atoms with E-state index in [4.69, 9.17) is 46.4 Å². The second-order valence-corrected chi connectivity index (χ2v) is 10.8. The van der Waals surface area contributed by atoms with Crippen molar-refractivity contribution < 1.29 is 18.0 Å². The van der Waals surface area contributed by atoms with Crippen molar-refractivity contribution in [3.63, 3.8) is 0 Å². The number of nitrogens with zero attached hydrogens (tertiary/aromatic N) is 2. The lowest BCUT2D eigenvalue weighted by Crippen LogP contribution is -2.51. The summed E-state index contributed by atoms with van der Waals surface area (Å²) in [7, 11) is -2.48. The first-order valence-corrected chi connectivity index (χ1v) is 13.1. The molecule has 1 atom stereocenters. The number of likely N-dealkylation sites (N-methyl/N-ethyl adjacent to an activating group) is 1. The number of hydrogen-bond donors (Lipinski definition) is 1. The molecule has 0 fully saturated rings. The van der Waals surface area contributed by atoms with Gasteiger partial charge in [-0.3, -0.25) is 13.9 Å². The molecule has 0 saturated heterocycles. The molecule has 2 amide bonds. The summed E-state index contributed by atoms with van der Waals surface area (Å²) in [4.78, 5) is 27.3. The molecular formula is C21H23Cl4N3O4S. The molecule has 1 N–H and O–H groups in total. The summed E-state index contributed by atoms with van der Waals surface area (Å²) in [6, 6.07) is 8.20. The van der Waals surface area contributed by atoms with Crippen LogP contribution < -0.4 is 9.62 Å². The Morgan fingerprint density at radius 1 is 1.00 bits per heavy atom. The van der Waals surface area contributed by atoms with E-state index in [2.05, 4.69) is 5.32 Å². The van der Waals surface area contributed by atoms with Crippen molar-refractivity contribution in [1.29, 1.82) is 0 Å². The Kier molecular flexibility index (Phi) is 9.70. The largest absolute Gasteiger partial charge is 0.357 e. The predicted molar refractivity (Wildman–Crippen MR) is 134 cm³/mol. The van der Waals surface area contributed by atoms with Crippen molar-refractivity contribution in [3.05, 3.63) is 62.1 Å². The molecule has 33 heavy (non-hydrogen) atoms. The number of nitrogens with one attached hydrogen (secondary N) is 1. The fourth-order valence-electron chi connectivity index (χ4n) is 3.19. The summed E-state index contributed by atoms with van der Waals surface area (Å²) >= 11 is 24.5. The van der Waals surface area contributed by atoms with E-state index >= 15 is 0 Å². The van der Waals surface area contributed by atoms with E-state index in [-0.39, 0.29) is 28.7 Å². The molecule has 2 aromatic carbocycles. The second-order valence-electron chi connectivity index (χ2n) is 7.16. The van der Waals surface area contributed by atoms with Gasteiger partial charge in [0.2, 0.25) is 21.8 Å². The first-order valence-electron chi connectivity index (χ1n) is 9.76. The molecule has 0 aliphatic heterocycles. The molecule has 12 heteroatoms. The molecule has 2 rings (SSSR count). The van der Waals surface area contributed by atoms with Crippen LogP contribution in [0.5, 0.6) is 0 Å². The lowest BCUT2D eigenvalue weighted by Gasteiger charge is -2.33. The summed E-state index contributed by atoms with van der Waals surface area (Å²) in [5.74, 6) is -1.03. The highest BCUT2D eigenvalue weighted by atomic mass is 35.5. The van der Waals surface area contributed by atoms with Crippen LogP contribution >= 0.6 is 46.4 Å². The van der Waals surface area contributed by atoms with Gasteiger partial charge in [-0.25, -0.2) is 8.42 Å². The van der Waals surface area contributed by atoms with E-state index in [1.54, 1.807) is 19.1 Å². The molecule has 0 aromatic heterocycles. The van der Waals surface area contributed by atoms with Gasteiger partial charge in [0, 0.05) is 28.7 Å². The maximum Gasteiger partial charge on any atom is 0.244 e. The molecule has 180 valence electrons. The topological polar surface area (TPSA) is 86.8 Å². The van der Waals surface area contributed by atoms with Crippen LogP contribution in [0.2, 0.25) is 20.1 Å². The summed E-state index contributed by atoms with van der Waals surface area (Å²) in [6.07, 6.45) is 1.24. The quantitative estimate of drug-likeness (QED) is 0.490. The first-order chi connectivity index (χ1) is 15.4. The third-order valence-corrected chi connectivity index (χ3v) is 7.11. The van der Waals surface area contributed by atoms with Crippen LogP contribution in [0.3, 0.4) is 0 Å². The molecule has 0 aliphatic carbocycles. The number of amides is 2. The highest BCUT2D eigenvalue weighted by molar-refractivity contribution is 7.92. The molecule has 0 radical (unpaired) electrons. The number of benzene rings is 2. The van der Waals surface area contributed by atoms with Crippen LogP contribution in [0.15, 0.2) is 36.4 Å². The molecular weight excluding hydrogens is 532 g/mol. The molecule has 0 heterocycles. The lowest BCUT2D eigenvalue weighted by atomic mass is 10.1. The molecule has 0 unspecified atom stereocenters. The van der Waals surface area contributed by atoms with Gasteiger partial charge < -0.3 is 10.2 Å². The fraction of sp³-hybridized carbons (Fsp3) is 0.333. The van der Waals surface area contributed by atoms with Gasteiger partial charge in [0.1, 0.15) is 12.6 Å². The fourth-order valence-corrected chi connectivity index (χ4v) is 4.95. The minimum Gasteiger partial charge on any atom is -0.357 e. The van der Waals surface area contributed by atoms with Crippen molar-refractivity contribution in [1.82, 2.24) is 10.2 Å².